The zero-order chi connectivity index (χ0) is 14.0. The van der Waals surface area contributed by atoms with Crippen LogP contribution in [0.25, 0.3) is 0 Å². The molecule has 0 fully saturated rings. The number of nitrogens with zero attached hydrogens (tertiary/aromatic N) is 7. The molecule has 0 spiro atoms. The van der Waals surface area contributed by atoms with Crippen molar-refractivity contribution < 1.29 is 21.7 Å². The van der Waals surface area contributed by atoms with Crippen LogP contribution < -0.4 is 0 Å². The van der Waals surface area contributed by atoms with Crippen LogP contribution in [-0.2, 0) is 21.7 Å². The van der Waals surface area contributed by atoms with Crippen LogP contribution in [0.2, 0.25) is 0 Å². The predicted molar refractivity (Wildman–Crippen MR) is 40.5 cm³/mol. The van der Waals surface area contributed by atoms with Gasteiger partial charge in [-0.3, -0.25) is 0 Å². The van der Waals surface area contributed by atoms with E-state index in [-0.39, 0.29) is 39.1 Å². The fourth-order valence-corrected chi connectivity index (χ4v) is 0. The third-order valence-electron chi connectivity index (χ3n) is 0. The van der Waals surface area contributed by atoms with Gasteiger partial charge in [-0.15, -0.1) is 0 Å². The summed E-state index contributed by atoms with van der Waals surface area (Å²) in [5, 5.41) is 43.8. The van der Waals surface area contributed by atoms with Crippen molar-refractivity contribution >= 4 is 17.4 Å². The average molecular weight is 257 g/mol. The summed E-state index contributed by atoms with van der Waals surface area (Å²) < 4.78 is 0. The fourth-order valence-electron chi connectivity index (χ4n) is 0. The van der Waals surface area contributed by atoms with Crippen molar-refractivity contribution in [1.29, 1.82) is 36.8 Å². The summed E-state index contributed by atoms with van der Waals surface area (Å²) in [4.78, 5) is 0. The van der Waals surface area contributed by atoms with E-state index in [0.717, 1.165) is 0 Å². The van der Waals surface area contributed by atoms with Gasteiger partial charge < -0.3 is 82.8 Å². The van der Waals surface area contributed by atoms with Gasteiger partial charge >= 0.3 is 39.1 Å². The molecule has 16 heavy (non-hydrogen) atoms. The van der Waals surface area contributed by atoms with Gasteiger partial charge in [0.25, 0.3) is 0 Å². The van der Waals surface area contributed by atoms with Crippen LogP contribution >= 0.6 is 0 Å². The van der Waals surface area contributed by atoms with Crippen molar-refractivity contribution in [2.24, 2.45) is 0 Å². The molecule has 0 heterocycles. The molecule has 0 aromatic heterocycles. The Morgan fingerprint density at radius 3 is 0.312 bits per heavy atom. The largest absolute Gasteiger partial charge is 4.00 e. The summed E-state index contributed by atoms with van der Waals surface area (Å²) in [7, 11) is 0. The Labute approximate surface area is 122 Å². The van der Waals surface area contributed by atoms with Crippen molar-refractivity contribution in [2.75, 3.05) is 0 Å². The van der Waals surface area contributed by atoms with Crippen LogP contribution in [0, 0.1) is 82.8 Å². The monoisotopic (exact) mass is 257 g/mol. The van der Waals surface area contributed by atoms with E-state index in [2.05, 4.69) is 0 Å². The molecule has 0 atom stereocenters. The molecule has 0 aromatic rings. The second kappa shape index (κ2) is 320. The van der Waals surface area contributed by atoms with Crippen molar-refractivity contribution in [3.8, 4) is 0 Å². The normalized spacial score (nSPS) is 0.875. The topological polar surface area (TPSA) is 167 Å². The number of hydrogen-bond donors (Lipinski definition) is 0. The first kappa shape index (κ1) is 100. The first-order valence-electron chi connectivity index (χ1n) is 1.57. The van der Waals surface area contributed by atoms with E-state index in [1.54, 1.807) is 0 Å². The second-order valence-corrected chi connectivity index (χ2v) is 0. The van der Waals surface area contributed by atoms with E-state index in [4.69, 9.17) is 82.8 Å². The molecule has 0 aliphatic rings. The van der Waals surface area contributed by atoms with Crippen molar-refractivity contribution in [1.82, 2.24) is 0 Å². The van der Waals surface area contributed by atoms with Gasteiger partial charge in [-0.05, 0) is 0 Å². The standard InChI is InChI=1S/7CN.Al.Ti/c7*1-2;;/q7*-1;+3;+4. The van der Waals surface area contributed by atoms with Gasteiger partial charge in [0, 0.05) is 0 Å². The summed E-state index contributed by atoms with van der Waals surface area (Å²) in [6.07, 6.45) is 0. The molecular formula is C7AlN7Ti. The van der Waals surface area contributed by atoms with Gasteiger partial charge in [0.1, 0.15) is 0 Å². The van der Waals surface area contributed by atoms with Crippen molar-refractivity contribution in [3.63, 3.8) is 0 Å². The van der Waals surface area contributed by atoms with Gasteiger partial charge in [-0.25, -0.2) is 0 Å². The predicted octanol–water partition coefficient (Wildman–Crippen LogP) is 0.291. The van der Waals surface area contributed by atoms with Crippen LogP contribution in [0.1, 0.15) is 0 Å². The average Bonchev–Trinajstić information content (AvgIpc) is 2.45. The Balaban J connectivity index is -0.00000000500. The summed E-state index contributed by atoms with van der Waals surface area (Å²) in [6, 6.07) is 0. The zero-order valence-corrected chi connectivity index (χ0v) is 10.4. The fraction of sp³-hybridized carbons (Fsp3) is 0. The summed E-state index contributed by atoms with van der Waals surface area (Å²) in [5.41, 5.74) is 0. The van der Waals surface area contributed by atoms with E-state index in [1.807, 2.05) is 0 Å². The summed E-state index contributed by atoms with van der Waals surface area (Å²) in [5.74, 6) is 0. The van der Waals surface area contributed by atoms with E-state index < -0.39 is 0 Å². The Hall–Kier alpha value is -2.32. The van der Waals surface area contributed by atoms with Gasteiger partial charge in [0.2, 0.25) is 0 Å². The third kappa shape index (κ3) is 247. The Morgan fingerprint density at radius 2 is 0.312 bits per heavy atom. The minimum Gasteiger partial charge on any atom is -0.512 e. The van der Waals surface area contributed by atoms with E-state index in [1.165, 1.54) is 0 Å². The maximum absolute atomic E-state index is 6.25. The van der Waals surface area contributed by atoms with Gasteiger partial charge in [-0.2, -0.15) is 0 Å². The first-order valence-corrected chi connectivity index (χ1v) is 1.57. The molecule has 0 aromatic carbocycles. The summed E-state index contributed by atoms with van der Waals surface area (Å²) in [6.45, 7) is 33.2. The minimum absolute atomic E-state index is 0. The number of hydrogen-bond acceptors (Lipinski definition) is 7. The van der Waals surface area contributed by atoms with Crippen LogP contribution in [0.3, 0.4) is 0 Å². The maximum Gasteiger partial charge on any atom is 4.00 e. The van der Waals surface area contributed by atoms with Crippen molar-refractivity contribution in [2.45, 2.75) is 0 Å². The molecule has 0 saturated carbocycles. The molecule has 0 amide bonds. The summed E-state index contributed by atoms with van der Waals surface area (Å²) >= 11 is 0. The molecule has 7 nitrogen and oxygen atoms in total. The second-order valence-electron chi connectivity index (χ2n) is 0. The Bertz CT molecular complexity index is 117. The SMILES string of the molecule is [Al+3].[C-]#N.[C-]#N.[C-]#N.[C-]#N.[C-]#N.[C-]#N.[C-]#N.[Ti+4]. The molecule has 0 bridgehead atoms. The molecule has 9 heteroatoms. The van der Waals surface area contributed by atoms with Gasteiger partial charge in [0.05, 0.1) is 0 Å². The molecule has 70 valence electrons. The molecule has 0 rings (SSSR count). The Morgan fingerprint density at radius 1 is 0.312 bits per heavy atom. The molecule has 0 saturated heterocycles. The Kier molecular flexibility index (Phi) is 2010. The molecule has 0 aliphatic carbocycles. The van der Waals surface area contributed by atoms with Gasteiger partial charge in [0.15, 0.2) is 0 Å². The molecular weight excluding hydrogens is 257 g/mol. The van der Waals surface area contributed by atoms with Crippen LogP contribution in [0.15, 0.2) is 0 Å². The van der Waals surface area contributed by atoms with Crippen LogP contribution in [-0.4, -0.2) is 17.4 Å². The maximum atomic E-state index is 6.25. The quantitative estimate of drug-likeness (QED) is 0.443. The van der Waals surface area contributed by atoms with Gasteiger partial charge in [-0.1, -0.05) is 0 Å². The van der Waals surface area contributed by atoms with Crippen LogP contribution in [0.5, 0.6) is 0 Å². The zero-order valence-electron chi connectivity index (χ0n) is 7.71. The van der Waals surface area contributed by atoms with E-state index in [9.17, 15) is 0 Å². The van der Waals surface area contributed by atoms with E-state index in [0.29, 0.717) is 0 Å². The third-order valence-corrected chi connectivity index (χ3v) is 0. The van der Waals surface area contributed by atoms with E-state index >= 15 is 0 Å². The smallest absolute Gasteiger partial charge is 0.512 e. The molecule has 0 aliphatic heterocycles. The molecule has 0 unspecified atom stereocenters. The number of rotatable bonds is 0. The van der Waals surface area contributed by atoms with Crippen molar-refractivity contribution in [3.05, 3.63) is 46.0 Å². The van der Waals surface area contributed by atoms with Crippen LogP contribution in [0.4, 0.5) is 0 Å². The molecule has 0 radical (unpaired) electrons. The minimum atomic E-state index is 0. The molecule has 0 N–H and O–H groups in total. The first-order chi connectivity index (χ1) is 7.00.